The number of amides is 1. The number of likely N-dealkylation sites (tertiary alicyclic amines) is 1. The van der Waals surface area contributed by atoms with Crippen molar-refractivity contribution in [2.45, 2.75) is 77.4 Å². The maximum atomic E-state index is 13.8. The second-order valence-corrected chi connectivity index (χ2v) is 9.69. The lowest BCUT2D eigenvalue weighted by Crippen LogP contribution is -2.52. The number of hydrogen-bond donors (Lipinski definition) is 2. The smallest absolute Gasteiger partial charge is 0.330 e. The first-order valence-electron chi connectivity index (χ1n) is 12.7. The van der Waals surface area contributed by atoms with Crippen molar-refractivity contribution in [3.8, 4) is 0 Å². The highest BCUT2D eigenvalue weighted by molar-refractivity contribution is 5.96. The van der Waals surface area contributed by atoms with Crippen LogP contribution >= 0.6 is 0 Å². The third kappa shape index (κ3) is 5.27. The van der Waals surface area contributed by atoms with Gasteiger partial charge in [-0.05, 0) is 50.1 Å². The summed E-state index contributed by atoms with van der Waals surface area (Å²) in [5.41, 5.74) is 6.21. The summed E-state index contributed by atoms with van der Waals surface area (Å²) in [6, 6.07) is 10.0. The first-order valence-corrected chi connectivity index (χ1v) is 12.7. The van der Waals surface area contributed by atoms with Crippen molar-refractivity contribution in [3.63, 3.8) is 0 Å². The lowest BCUT2D eigenvalue weighted by Gasteiger charge is -2.44. The fraction of sp³-hybridized carbons (Fsp3) is 0.577. The minimum atomic E-state index is -0.617. The summed E-state index contributed by atoms with van der Waals surface area (Å²) in [4.78, 5) is 45.4. The maximum absolute atomic E-state index is 13.8. The molecule has 4 rings (SSSR count). The van der Waals surface area contributed by atoms with Gasteiger partial charge in [0.05, 0.1) is 13.1 Å². The summed E-state index contributed by atoms with van der Waals surface area (Å²) in [5.74, 6) is 0.552. The number of hydrogen-bond acceptors (Lipinski definition) is 5. The summed E-state index contributed by atoms with van der Waals surface area (Å²) in [5, 5.41) is 0. The van der Waals surface area contributed by atoms with Crippen LogP contribution in [-0.4, -0.2) is 39.5 Å². The number of nitrogen functional groups attached to an aromatic ring is 1. The first-order chi connectivity index (χ1) is 16.5. The standard InChI is InChI=1S/C26H37N5O3/c1-2-3-16-30-24(27)23(25(33)28-26(30)34)31(17-19-10-5-4-6-11-19)22(32)18-29-15-9-13-20-12-7-8-14-21(20)29/h4-6,10-11,20-21H,2-3,7-9,12-18,27H2,1H3,(H,28,33,34)/t20-,21+/m1/s1. The van der Waals surface area contributed by atoms with E-state index in [0.29, 0.717) is 18.5 Å². The molecule has 0 spiro atoms. The number of carbonyl (C=O) groups excluding carboxylic acids is 1. The number of aromatic amines is 1. The molecule has 8 heteroatoms. The van der Waals surface area contributed by atoms with Gasteiger partial charge in [-0.15, -0.1) is 0 Å². The molecule has 2 aliphatic rings. The van der Waals surface area contributed by atoms with Gasteiger partial charge >= 0.3 is 5.69 Å². The predicted octanol–water partition coefficient (Wildman–Crippen LogP) is 3.11. The van der Waals surface area contributed by atoms with Crippen LogP contribution < -0.4 is 21.9 Å². The topological polar surface area (TPSA) is 104 Å². The summed E-state index contributed by atoms with van der Waals surface area (Å²) >= 11 is 0. The molecule has 8 nitrogen and oxygen atoms in total. The Balaban J connectivity index is 1.68. The Morgan fingerprint density at radius 2 is 1.85 bits per heavy atom. The zero-order valence-corrected chi connectivity index (χ0v) is 20.2. The fourth-order valence-electron chi connectivity index (χ4n) is 5.62. The van der Waals surface area contributed by atoms with Crippen molar-refractivity contribution < 1.29 is 4.79 Å². The molecule has 0 radical (unpaired) electrons. The lowest BCUT2D eigenvalue weighted by molar-refractivity contribution is -0.121. The molecule has 2 atom stereocenters. The van der Waals surface area contributed by atoms with Gasteiger partial charge in [-0.25, -0.2) is 4.79 Å². The quantitative estimate of drug-likeness (QED) is 0.621. The number of anilines is 2. The van der Waals surface area contributed by atoms with Crippen molar-refractivity contribution in [2.24, 2.45) is 5.92 Å². The highest BCUT2D eigenvalue weighted by Gasteiger charge is 2.35. The molecule has 1 aliphatic carbocycles. The second kappa shape index (κ2) is 11.0. The number of fused-ring (bicyclic) bond motifs is 1. The lowest BCUT2D eigenvalue weighted by atomic mass is 9.78. The second-order valence-electron chi connectivity index (χ2n) is 9.69. The van der Waals surface area contributed by atoms with E-state index < -0.39 is 11.2 Å². The number of unbranched alkanes of at least 4 members (excludes halogenated alkanes) is 1. The van der Waals surface area contributed by atoms with Gasteiger partial charge in [-0.2, -0.15) is 0 Å². The number of benzene rings is 1. The largest absolute Gasteiger partial charge is 0.383 e. The molecule has 1 amide bonds. The number of nitrogens with two attached hydrogens (primary N) is 1. The van der Waals surface area contributed by atoms with Crippen LogP contribution in [0, 0.1) is 5.92 Å². The van der Waals surface area contributed by atoms with Gasteiger partial charge in [0.15, 0.2) is 5.69 Å². The normalized spacial score (nSPS) is 20.6. The van der Waals surface area contributed by atoms with Crippen molar-refractivity contribution in [2.75, 3.05) is 23.7 Å². The summed E-state index contributed by atoms with van der Waals surface area (Å²) in [6.07, 6.45) is 8.79. The van der Waals surface area contributed by atoms with Gasteiger partial charge in [0.25, 0.3) is 5.56 Å². The molecule has 1 saturated carbocycles. The van der Waals surface area contributed by atoms with Crippen LogP contribution in [0.15, 0.2) is 39.9 Å². The van der Waals surface area contributed by atoms with Crippen LogP contribution in [0.3, 0.4) is 0 Å². The van der Waals surface area contributed by atoms with Crippen molar-refractivity contribution in [1.29, 1.82) is 0 Å². The molecule has 1 saturated heterocycles. The number of rotatable bonds is 8. The number of nitrogens with zero attached hydrogens (tertiary/aromatic N) is 3. The van der Waals surface area contributed by atoms with Crippen LogP contribution in [0.4, 0.5) is 11.5 Å². The third-order valence-electron chi connectivity index (χ3n) is 7.40. The van der Waals surface area contributed by atoms with Crippen LogP contribution in [0.1, 0.15) is 63.9 Å². The van der Waals surface area contributed by atoms with Gasteiger partial charge in [0, 0.05) is 12.6 Å². The monoisotopic (exact) mass is 467 g/mol. The van der Waals surface area contributed by atoms with E-state index in [1.807, 2.05) is 37.3 Å². The first kappa shape index (κ1) is 24.3. The molecule has 0 unspecified atom stereocenters. The Morgan fingerprint density at radius 1 is 1.12 bits per heavy atom. The fourth-order valence-corrected chi connectivity index (χ4v) is 5.62. The van der Waals surface area contributed by atoms with E-state index in [1.54, 1.807) is 0 Å². The van der Waals surface area contributed by atoms with Crippen LogP contribution in [0.2, 0.25) is 0 Å². The Hall–Kier alpha value is -2.87. The van der Waals surface area contributed by atoms with Crippen LogP contribution in [0.5, 0.6) is 0 Å². The number of carbonyl (C=O) groups is 1. The van der Waals surface area contributed by atoms with Gasteiger partial charge < -0.3 is 5.73 Å². The Morgan fingerprint density at radius 3 is 2.62 bits per heavy atom. The van der Waals surface area contributed by atoms with Crippen molar-refractivity contribution in [3.05, 3.63) is 56.7 Å². The minimum absolute atomic E-state index is 0.0562. The molecular weight excluding hydrogens is 430 g/mol. The van der Waals surface area contributed by atoms with Crippen LogP contribution in [-0.2, 0) is 17.9 Å². The Bertz CT molecular complexity index is 1090. The SMILES string of the molecule is CCCCn1c(N)c(N(Cc2ccccc2)C(=O)CN2CCC[C@H]3CCCC[C@@H]32)c(=O)[nH]c1=O. The zero-order valence-electron chi connectivity index (χ0n) is 20.2. The average molecular weight is 468 g/mol. The van der Waals surface area contributed by atoms with Gasteiger partial charge in [-0.3, -0.25) is 28.9 Å². The number of H-pyrrole nitrogens is 1. The highest BCUT2D eigenvalue weighted by atomic mass is 16.2. The molecule has 0 bridgehead atoms. The van der Waals surface area contributed by atoms with E-state index in [9.17, 15) is 14.4 Å². The van der Waals surface area contributed by atoms with Gasteiger partial charge in [0.2, 0.25) is 5.91 Å². The van der Waals surface area contributed by atoms with E-state index in [0.717, 1.165) is 37.8 Å². The maximum Gasteiger partial charge on any atom is 0.330 e. The summed E-state index contributed by atoms with van der Waals surface area (Å²) < 4.78 is 1.38. The Labute approximate surface area is 200 Å². The zero-order chi connectivity index (χ0) is 24.1. The number of piperidine rings is 1. The average Bonchev–Trinajstić information content (AvgIpc) is 2.84. The van der Waals surface area contributed by atoms with E-state index in [-0.39, 0.29) is 30.5 Å². The molecule has 2 heterocycles. The predicted molar refractivity (Wildman–Crippen MR) is 135 cm³/mol. The summed E-state index contributed by atoms with van der Waals surface area (Å²) in [7, 11) is 0. The van der Waals surface area contributed by atoms with Crippen molar-refractivity contribution in [1.82, 2.24) is 14.5 Å². The highest BCUT2D eigenvalue weighted by Crippen LogP contribution is 2.35. The van der Waals surface area contributed by atoms with E-state index in [2.05, 4.69) is 9.88 Å². The molecule has 1 aromatic carbocycles. The third-order valence-corrected chi connectivity index (χ3v) is 7.40. The number of nitrogens with one attached hydrogen (secondary N) is 1. The Kier molecular flexibility index (Phi) is 7.88. The molecule has 3 N–H and O–H groups in total. The van der Waals surface area contributed by atoms with Crippen LogP contribution in [0.25, 0.3) is 0 Å². The molecule has 1 aromatic heterocycles. The molecule has 2 fully saturated rings. The number of aromatic nitrogens is 2. The van der Waals surface area contributed by atoms with Gasteiger partial charge in [-0.1, -0.05) is 56.5 Å². The summed E-state index contributed by atoms with van der Waals surface area (Å²) in [6.45, 7) is 3.79. The van der Waals surface area contributed by atoms with Crippen molar-refractivity contribution >= 4 is 17.4 Å². The van der Waals surface area contributed by atoms with Gasteiger partial charge in [0.1, 0.15) is 5.82 Å². The molecular formula is C26H37N5O3. The molecule has 34 heavy (non-hydrogen) atoms. The van der Waals surface area contributed by atoms with E-state index >= 15 is 0 Å². The van der Waals surface area contributed by atoms with E-state index in [4.69, 9.17) is 5.73 Å². The molecule has 1 aliphatic heterocycles. The molecule has 2 aromatic rings. The van der Waals surface area contributed by atoms with E-state index in [1.165, 1.54) is 35.2 Å². The molecule has 184 valence electrons. The minimum Gasteiger partial charge on any atom is -0.383 e.